The Labute approximate surface area is 144 Å². The Bertz CT molecular complexity index is 596. The van der Waals surface area contributed by atoms with Crippen LogP contribution in [0.2, 0.25) is 0 Å². The van der Waals surface area contributed by atoms with Crippen molar-refractivity contribution in [1.29, 1.82) is 0 Å². The molecule has 6 heteroatoms. The van der Waals surface area contributed by atoms with Gasteiger partial charge in [0.05, 0.1) is 17.4 Å². The van der Waals surface area contributed by atoms with Gasteiger partial charge in [-0.2, -0.15) is 8.75 Å². The fraction of sp³-hybridized carbons (Fsp3) is 0.625. The Morgan fingerprint density at radius 1 is 1.32 bits per heavy atom. The minimum Gasteiger partial charge on any atom is -0.302 e. The maximum absolute atomic E-state index is 4.67. The predicted molar refractivity (Wildman–Crippen MR) is 95.2 cm³/mol. The second-order valence-corrected chi connectivity index (χ2v) is 8.90. The molecule has 0 radical (unpaired) electrons. The van der Waals surface area contributed by atoms with E-state index in [0.29, 0.717) is 5.92 Å². The summed E-state index contributed by atoms with van der Waals surface area (Å²) in [6.45, 7) is 3.78. The molecule has 22 heavy (non-hydrogen) atoms. The molecule has 4 heterocycles. The molecule has 3 unspecified atom stereocenters. The van der Waals surface area contributed by atoms with E-state index in [4.69, 9.17) is 0 Å². The van der Waals surface area contributed by atoms with Gasteiger partial charge in [0.1, 0.15) is 5.03 Å². The van der Waals surface area contributed by atoms with Crippen LogP contribution in [-0.2, 0) is 6.42 Å². The maximum Gasteiger partial charge on any atom is 0.134 e. The molecule has 0 spiro atoms. The Kier molecular flexibility index (Phi) is 4.80. The first-order chi connectivity index (χ1) is 10.9. The van der Waals surface area contributed by atoms with Crippen molar-refractivity contribution in [2.45, 2.75) is 36.6 Å². The van der Waals surface area contributed by atoms with Gasteiger partial charge in [0.2, 0.25) is 0 Å². The summed E-state index contributed by atoms with van der Waals surface area (Å²) in [5, 5.41) is 3.38. The van der Waals surface area contributed by atoms with Crippen LogP contribution in [0, 0.1) is 5.92 Å². The lowest BCUT2D eigenvalue weighted by Gasteiger charge is -2.21. The molecule has 2 aromatic rings. The van der Waals surface area contributed by atoms with E-state index in [-0.39, 0.29) is 0 Å². The Balaban J connectivity index is 1.34. The van der Waals surface area contributed by atoms with Crippen LogP contribution >= 0.6 is 34.8 Å². The Morgan fingerprint density at radius 2 is 2.32 bits per heavy atom. The van der Waals surface area contributed by atoms with Gasteiger partial charge in [0.15, 0.2) is 0 Å². The average molecular weight is 352 g/mol. The van der Waals surface area contributed by atoms with Gasteiger partial charge in [-0.05, 0) is 55.3 Å². The number of nitrogens with zero attached hydrogens (tertiary/aromatic N) is 3. The summed E-state index contributed by atoms with van der Waals surface area (Å²) in [6.07, 6.45) is 5.16. The molecular formula is C16H21N3S3. The van der Waals surface area contributed by atoms with E-state index in [1.165, 1.54) is 72.6 Å². The number of hydrogen-bond donors (Lipinski definition) is 0. The molecule has 118 valence electrons. The minimum atomic E-state index is 0.640. The summed E-state index contributed by atoms with van der Waals surface area (Å²) in [4.78, 5) is 4.11. The van der Waals surface area contributed by atoms with E-state index < -0.39 is 0 Å². The van der Waals surface area contributed by atoms with Crippen LogP contribution in [0.1, 0.15) is 35.8 Å². The van der Waals surface area contributed by atoms with Crippen LogP contribution in [-0.4, -0.2) is 39.0 Å². The molecule has 2 bridgehead atoms. The van der Waals surface area contributed by atoms with Gasteiger partial charge in [-0.1, -0.05) is 6.07 Å². The maximum atomic E-state index is 4.67. The third kappa shape index (κ3) is 3.25. The number of thiophene rings is 1. The normalized spacial score (nSPS) is 27.4. The predicted octanol–water partition coefficient (Wildman–Crippen LogP) is 4.13. The highest BCUT2D eigenvalue weighted by molar-refractivity contribution is 7.99. The zero-order chi connectivity index (χ0) is 14.8. The molecule has 0 N–H and O–H groups in total. The lowest BCUT2D eigenvalue weighted by atomic mass is 9.89. The van der Waals surface area contributed by atoms with Crippen LogP contribution in [0.25, 0.3) is 0 Å². The SMILES string of the molecule is c1csc(CCCSc2nsnc2C2CN3CCCC2C3)c1. The molecular weight excluding hydrogens is 330 g/mol. The molecule has 0 saturated carbocycles. The summed E-state index contributed by atoms with van der Waals surface area (Å²) in [6, 6.07) is 4.38. The zero-order valence-electron chi connectivity index (χ0n) is 12.6. The van der Waals surface area contributed by atoms with Crippen molar-refractivity contribution >= 4 is 34.8 Å². The van der Waals surface area contributed by atoms with E-state index >= 15 is 0 Å². The lowest BCUT2D eigenvalue weighted by molar-refractivity contribution is 0.269. The number of thioether (sulfide) groups is 1. The van der Waals surface area contributed by atoms with Crippen LogP contribution in [0.15, 0.2) is 22.5 Å². The first-order valence-electron chi connectivity index (χ1n) is 8.10. The molecule has 0 aromatic carbocycles. The van der Waals surface area contributed by atoms with Crippen molar-refractivity contribution in [3.8, 4) is 0 Å². The number of fused-ring (bicyclic) bond motifs is 2. The number of piperidine rings is 1. The summed E-state index contributed by atoms with van der Waals surface area (Å²) >= 11 is 5.19. The number of aryl methyl sites for hydroxylation is 1. The van der Waals surface area contributed by atoms with Crippen LogP contribution in [0.4, 0.5) is 0 Å². The topological polar surface area (TPSA) is 29.0 Å². The molecule has 0 amide bonds. The van der Waals surface area contributed by atoms with Gasteiger partial charge < -0.3 is 4.90 Å². The van der Waals surface area contributed by atoms with Crippen LogP contribution < -0.4 is 0 Å². The fourth-order valence-corrected chi connectivity index (χ4v) is 6.17. The molecule has 4 rings (SSSR count). The van der Waals surface area contributed by atoms with Crippen molar-refractivity contribution in [3.05, 3.63) is 28.1 Å². The highest BCUT2D eigenvalue weighted by atomic mass is 32.2. The quantitative estimate of drug-likeness (QED) is 0.578. The molecule has 3 atom stereocenters. The van der Waals surface area contributed by atoms with E-state index in [2.05, 4.69) is 31.2 Å². The summed E-state index contributed by atoms with van der Waals surface area (Å²) in [7, 11) is 0. The smallest absolute Gasteiger partial charge is 0.134 e. The van der Waals surface area contributed by atoms with Gasteiger partial charge >= 0.3 is 0 Å². The van der Waals surface area contributed by atoms with Gasteiger partial charge in [0, 0.05) is 23.9 Å². The van der Waals surface area contributed by atoms with E-state index in [9.17, 15) is 0 Å². The molecule has 3 nitrogen and oxygen atoms in total. The summed E-state index contributed by atoms with van der Waals surface area (Å²) in [5.41, 5.74) is 1.31. The van der Waals surface area contributed by atoms with E-state index in [1.54, 1.807) is 0 Å². The van der Waals surface area contributed by atoms with Gasteiger partial charge in [-0.25, -0.2) is 0 Å². The van der Waals surface area contributed by atoms with Crippen molar-refractivity contribution in [2.75, 3.05) is 25.4 Å². The lowest BCUT2D eigenvalue weighted by Crippen LogP contribution is -2.25. The highest BCUT2D eigenvalue weighted by Crippen LogP contribution is 2.41. The van der Waals surface area contributed by atoms with E-state index in [1.807, 2.05) is 23.1 Å². The molecule has 2 aliphatic heterocycles. The minimum absolute atomic E-state index is 0.640. The first kappa shape index (κ1) is 15.1. The van der Waals surface area contributed by atoms with Crippen molar-refractivity contribution in [3.63, 3.8) is 0 Å². The number of rotatable bonds is 6. The molecule has 2 fully saturated rings. The fourth-order valence-electron chi connectivity index (χ4n) is 3.71. The third-order valence-electron chi connectivity index (χ3n) is 4.79. The molecule has 0 aliphatic carbocycles. The average Bonchev–Trinajstić information content (AvgIpc) is 3.25. The van der Waals surface area contributed by atoms with Gasteiger partial charge in [0.25, 0.3) is 0 Å². The monoisotopic (exact) mass is 351 g/mol. The second-order valence-electron chi connectivity index (χ2n) is 6.25. The Hall–Kier alpha value is -0.430. The molecule has 2 saturated heterocycles. The standard InChI is InChI=1S/C16H21N3S3/c1-4-12-10-19(7-1)11-14(12)15-16(18-22-17-15)21-9-3-6-13-5-2-8-20-13/h2,5,8,12,14H,1,3-4,6-7,9-11H2. The Morgan fingerprint density at radius 3 is 3.18 bits per heavy atom. The van der Waals surface area contributed by atoms with Gasteiger partial charge in [-0.15, -0.1) is 23.1 Å². The largest absolute Gasteiger partial charge is 0.302 e. The third-order valence-corrected chi connectivity index (χ3v) is 7.45. The van der Waals surface area contributed by atoms with Crippen molar-refractivity contribution < 1.29 is 0 Å². The zero-order valence-corrected chi connectivity index (χ0v) is 15.1. The van der Waals surface area contributed by atoms with Crippen LogP contribution in [0.3, 0.4) is 0 Å². The molecule has 2 aromatic heterocycles. The summed E-state index contributed by atoms with van der Waals surface area (Å²) in [5.74, 6) is 2.61. The number of hydrogen-bond acceptors (Lipinski definition) is 6. The summed E-state index contributed by atoms with van der Waals surface area (Å²) < 4.78 is 9.26. The van der Waals surface area contributed by atoms with Gasteiger partial charge in [-0.3, -0.25) is 0 Å². The number of aromatic nitrogens is 2. The van der Waals surface area contributed by atoms with Crippen LogP contribution in [0.5, 0.6) is 0 Å². The van der Waals surface area contributed by atoms with E-state index in [0.717, 1.165) is 11.7 Å². The highest BCUT2D eigenvalue weighted by Gasteiger charge is 2.38. The molecule has 2 aliphatic rings. The van der Waals surface area contributed by atoms with Crippen molar-refractivity contribution in [1.82, 2.24) is 13.6 Å². The van der Waals surface area contributed by atoms with Crippen molar-refractivity contribution in [2.24, 2.45) is 5.92 Å². The first-order valence-corrected chi connectivity index (χ1v) is 10.7. The second kappa shape index (κ2) is 6.99.